The molecule has 0 saturated heterocycles. The normalized spacial score (nSPS) is 11.7. The molecule has 0 amide bonds. The molecule has 0 aliphatic rings. The first kappa shape index (κ1) is 21.8. The van der Waals surface area contributed by atoms with Crippen molar-refractivity contribution in [1.82, 2.24) is 9.97 Å². The van der Waals surface area contributed by atoms with Gasteiger partial charge in [-0.2, -0.15) is 13.2 Å². The first-order chi connectivity index (χ1) is 15.4. The molecule has 4 rings (SSSR count). The highest BCUT2D eigenvalue weighted by molar-refractivity contribution is 5.92. The number of nitrogens with one attached hydrogen (secondary N) is 1. The monoisotopic (exact) mass is 436 g/mol. The van der Waals surface area contributed by atoms with Gasteiger partial charge in [-0.15, -0.1) is 0 Å². The van der Waals surface area contributed by atoms with Gasteiger partial charge in [0, 0.05) is 17.5 Å². The van der Waals surface area contributed by atoms with Crippen molar-refractivity contribution < 1.29 is 13.2 Å². The minimum Gasteiger partial charge on any atom is -0.369 e. The highest BCUT2D eigenvalue weighted by Crippen LogP contribution is 2.36. The molecular weight excluding hydrogens is 413 g/mol. The van der Waals surface area contributed by atoms with Gasteiger partial charge < -0.3 is 11.1 Å². The number of benzene rings is 3. The van der Waals surface area contributed by atoms with E-state index in [1.165, 1.54) is 0 Å². The fraction of sp³-hybridized carbons (Fsp3) is 0.200. The number of aryl methyl sites for hydroxylation is 1. The largest absolute Gasteiger partial charge is 0.416 e. The molecule has 0 aliphatic heterocycles. The summed E-state index contributed by atoms with van der Waals surface area (Å²) in [6.45, 7) is 3.05. The molecular formula is C25H23F3N4. The third kappa shape index (κ3) is 4.57. The molecule has 3 aromatic carbocycles. The Bertz CT molecular complexity index is 1240. The first-order valence-corrected chi connectivity index (χ1v) is 10.4. The molecule has 0 aliphatic carbocycles. The molecule has 0 fully saturated rings. The summed E-state index contributed by atoms with van der Waals surface area (Å²) in [5, 5.41) is 4.08. The molecule has 0 unspecified atom stereocenters. The van der Waals surface area contributed by atoms with Crippen molar-refractivity contribution in [2.24, 2.45) is 5.73 Å². The van der Waals surface area contributed by atoms with Gasteiger partial charge >= 0.3 is 6.18 Å². The van der Waals surface area contributed by atoms with Crippen LogP contribution in [0, 0.1) is 6.92 Å². The molecule has 1 heterocycles. The predicted octanol–water partition coefficient (Wildman–Crippen LogP) is 6.05. The van der Waals surface area contributed by atoms with Gasteiger partial charge in [0.15, 0.2) is 5.82 Å². The first-order valence-electron chi connectivity index (χ1n) is 10.4. The van der Waals surface area contributed by atoms with E-state index in [1.54, 1.807) is 30.3 Å². The highest BCUT2D eigenvalue weighted by Gasteiger charge is 2.31. The van der Waals surface area contributed by atoms with Crippen LogP contribution in [0.15, 0.2) is 66.7 Å². The zero-order chi connectivity index (χ0) is 22.7. The number of fused-ring (bicyclic) bond motifs is 1. The van der Waals surface area contributed by atoms with Gasteiger partial charge in [-0.3, -0.25) is 0 Å². The van der Waals surface area contributed by atoms with E-state index in [0.717, 1.165) is 29.5 Å². The van der Waals surface area contributed by atoms with Crippen molar-refractivity contribution in [3.8, 4) is 22.5 Å². The van der Waals surface area contributed by atoms with Crippen molar-refractivity contribution in [3.05, 3.63) is 77.9 Å². The van der Waals surface area contributed by atoms with Gasteiger partial charge in [-0.05, 0) is 60.8 Å². The Balaban J connectivity index is 1.92. The molecule has 0 bridgehead atoms. The molecule has 0 atom stereocenters. The standard InChI is InChI=1S/C25H23F3N4/c1-16-7-5-10-21-22(16)31-23(32-24(21)30-12-6-11-29)19-13-18(17-8-3-2-4-9-17)14-20(15-19)25(26,27)28/h2-5,7-10,13-15H,6,11-12,29H2,1H3,(H,30,31,32). The SMILES string of the molecule is Cc1cccc2c(NCCCN)nc(-c3cc(-c4ccccc4)cc(C(F)(F)F)c3)nc12. The van der Waals surface area contributed by atoms with E-state index in [-0.39, 0.29) is 5.82 Å². The van der Waals surface area contributed by atoms with Crippen LogP contribution in [0.5, 0.6) is 0 Å². The summed E-state index contributed by atoms with van der Waals surface area (Å²) >= 11 is 0. The number of hydrogen-bond donors (Lipinski definition) is 2. The summed E-state index contributed by atoms with van der Waals surface area (Å²) in [4.78, 5) is 9.26. The number of hydrogen-bond acceptors (Lipinski definition) is 4. The Morgan fingerprint density at radius 2 is 1.62 bits per heavy atom. The van der Waals surface area contributed by atoms with E-state index in [2.05, 4.69) is 15.3 Å². The number of nitrogens with zero attached hydrogens (tertiary/aromatic N) is 2. The predicted molar refractivity (Wildman–Crippen MR) is 122 cm³/mol. The zero-order valence-electron chi connectivity index (χ0n) is 17.6. The highest BCUT2D eigenvalue weighted by atomic mass is 19.4. The summed E-state index contributed by atoms with van der Waals surface area (Å²) in [7, 11) is 0. The van der Waals surface area contributed by atoms with E-state index in [1.807, 2.05) is 31.2 Å². The molecule has 164 valence electrons. The van der Waals surface area contributed by atoms with Crippen molar-refractivity contribution in [3.63, 3.8) is 0 Å². The third-order valence-corrected chi connectivity index (χ3v) is 5.23. The zero-order valence-corrected chi connectivity index (χ0v) is 17.6. The van der Waals surface area contributed by atoms with Crippen LogP contribution in [0.2, 0.25) is 0 Å². The van der Waals surface area contributed by atoms with Gasteiger partial charge in [-0.1, -0.05) is 42.5 Å². The second-order valence-corrected chi connectivity index (χ2v) is 7.60. The third-order valence-electron chi connectivity index (χ3n) is 5.23. The maximum Gasteiger partial charge on any atom is 0.416 e. The lowest BCUT2D eigenvalue weighted by atomic mass is 9.99. The van der Waals surface area contributed by atoms with Crippen LogP contribution in [-0.4, -0.2) is 23.1 Å². The average molecular weight is 436 g/mol. The topological polar surface area (TPSA) is 63.8 Å². The summed E-state index contributed by atoms with van der Waals surface area (Å²) < 4.78 is 41.1. The quantitative estimate of drug-likeness (QED) is 0.361. The molecule has 0 radical (unpaired) electrons. The Kier molecular flexibility index (Phi) is 6.10. The number of anilines is 1. The molecule has 32 heavy (non-hydrogen) atoms. The Labute approximate surface area is 184 Å². The Morgan fingerprint density at radius 1 is 0.875 bits per heavy atom. The smallest absolute Gasteiger partial charge is 0.369 e. The van der Waals surface area contributed by atoms with Crippen LogP contribution in [-0.2, 0) is 6.18 Å². The molecule has 4 nitrogen and oxygen atoms in total. The molecule has 3 N–H and O–H groups in total. The van der Waals surface area contributed by atoms with Gasteiger partial charge in [0.1, 0.15) is 5.82 Å². The summed E-state index contributed by atoms with van der Waals surface area (Å²) in [5.41, 5.74) is 7.95. The number of para-hydroxylation sites is 1. The minimum absolute atomic E-state index is 0.241. The summed E-state index contributed by atoms with van der Waals surface area (Å²) in [6.07, 6.45) is -3.75. The maximum absolute atomic E-state index is 13.7. The lowest BCUT2D eigenvalue weighted by molar-refractivity contribution is -0.137. The Hall–Kier alpha value is -3.45. The van der Waals surface area contributed by atoms with Crippen LogP contribution >= 0.6 is 0 Å². The fourth-order valence-corrected chi connectivity index (χ4v) is 3.59. The van der Waals surface area contributed by atoms with Crippen molar-refractivity contribution in [1.29, 1.82) is 0 Å². The fourth-order valence-electron chi connectivity index (χ4n) is 3.59. The van der Waals surface area contributed by atoms with Crippen LogP contribution in [0.4, 0.5) is 19.0 Å². The number of halogens is 3. The van der Waals surface area contributed by atoms with Crippen LogP contribution in [0.25, 0.3) is 33.4 Å². The van der Waals surface area contributed by atoms with E-state index in [9.17, 15) is 13.2 Å². The van der Waals surface area contributed by atoms with Crippen LogP contribution in [0.1, 0.15) is 17.5 Å². The second-order valence-electron chi connectivity index (χ2n) is 7.60. The Morgan fingerprint density at radius 3 is 2.34 bits per heavy atom. The number of rotatable bonds is 6. The van der Waals surface area contributed by atoms with Gasteiger partial charge in [0.05, 0.1) is 11.1 Å². The van der Waals surface area contributed by atoms with Gasteiger partial charge in [0.2, 0.25) is 0 Å². The number of alkyl halides is 3. The van der Waals surface area contributed by atoms with Crippen molar-refractivity contribution >= 4 is 16.7 Å². The number of nitrogens with two attached hydrogens (primary N) is 1. The van der Waals surface area contributed by atoms with E-state index < -0.39 is 11.7 Å². The number of aromatic nitrogens is 2. The second kappa shape index (κ2) is 8.96. The van der Waals surface area contributed by atoms with E-state index in [0.29, 0.717) is 41.1 Å². The minimum atomic E-state index is -4.49. The summed E-state index contributed by atoms with van der Waals surface area (Å²) in [5.74, 6) is 0.825. The van der Waals surface area contributed by atoms with Crippen LogP contribution in [0.3, 0.4) is 0 Å². The average Bonchev–Trinajstić information content (AvgIpc) is 2.79. The van der Waals surface area contributed by atoms with Gasteiger partial charge in [0.25, 0.3) is 0 Å². The lowest BCUT2D eigenvalue weighted by Gasteiger charge is -2.15. The maximum atomic E-state index is 13.7. The van der Waals surface area contributed by atoms with Crippen molar-refractivity contribution in [2.75, 3.05) is 18.4 Å². The lowest BCUT2D eigenvalue weighted by Crippen LogP contribution is -2.11. The molecule has 7 heteroatoms. The van der Waals surface area contributed by atoms with Crippen LogP contribution < -0.4 is 11.1 Å². The van der Waals surface area contributed by atoms with E-state index in [4.69, 9.17) is 5.73 Å². The molecule has 0 spiro atoms. The van der Waals surface area contributed by atoms with Crippen molar-refractivity contribution in [2.45, 2.75) is 19.5 Å². The molecule has 1 aromatic heterocycles. The molecule has 0 saturated carbocycles. The van der Waals surface area contributed by atoms with E-state index >= 15 is 0 Å². The summed E-state index contributed by atoms with van der Waals surface area (Å²) in [6, 6.07) is 18.7. The van der Waals surface area contributed by atoms with Gasteiger partial charge in [-0.25, -0.2) is 9.97 Å². The molecule has 4 aromatic rings.